The molecule has 1 aliphatic carbocycles. The quantitative estimate of drug-likeness (QED) is 0.875. The highest BCUT2D eigenvalue weighted by molar-refractivity contribution is 5.16. The van der Waals surface area contributed by atoms with Gasteiger partial charge in [0.1, 0.15) is 0 Å². The van der Waals surface area contributed by atoms with Crippen molar-refractivity contribution in [1.29, 1.82) is 0 Å². The molecule has 2 atom stereocenters. The molecule has 1 aromatic carbocycles. The van der Waals surface area contributed by atoms with Gasteiger partial charge in [0.05, 0.1) is 0 Å². The Bertz CT molecular complexity index is 372. The highest BCUT2D eigenvalue weighted by Crippen LogP contribution is 2.31. The molecular formula is C16H24N2. The van der Waals surface area contributed by atoms with E-state index < -0.39 is 0 Å². The monoisotopic (exact) mass is 244 g/mol. The molecule has 1 saturated heterocycles. The Hall–Kier alpha value is -0.860. The van der Waals surface area contributed by atoms with Gasteiger partial charge in [0.2, 0.25) is 0 Å². The van der Waals surface area contributed by atoms with Crippen molar-refractivity contribution in [3.8, 4) is 0 Å². The molecule has 0 bridgehead atoms. The van der Waals surface area contributed by atoms with Crippen molar-refractivity contribution in [2.75, 3.05) is 13.1 Å². The summed E-state index contributed by atoms with van der Waals surface area (Å²) in [5, 5.41) is 3.74. The molecular weight excluding hydrogens is 220 g/mol. The first-order valence-corrected chi connectivity index (χ1v) is 7.40. The Balaban J connectivity index is 1.61. The molecule has 1 N–H and O–H groups in total. The fraction of sp³-hybridized carbons (Fsp3) is 0.625. The minimum atomic E-state index is 0.635. The molecule has 2 heteroatoms. The maximum Gasteiger partial charge on any atom is 0.0236 e. The number of nitrogens with zero attached hydrogens (tertiary/aromatic N) is 1. The minimum absolute atomic E-state index is 0.635. The predicted molar refractivity (Wildman–Crippen MR) is 75.7 cm³/mol. The smallest absolute Gasteiger partial charge is 0.0236 e. The number of hydrogen-bond donors (Lipinski definition) is 1. The largest absolute Gasteiger partial charge is 0.311 e. The van der Waals surface area contributed by atoms with Crippen LogP contribution in [0.4, 0.5) is 0 Å². The summed E-state index contributed by atoms with van der Waals surface area (Å²) in [5.41, 5.74) is 1.46. The number of benzene rings is 1. The van der Waals surface area contributed by atoms with Crippen LogP contribution in [-0.2, 0) is 6.42 Å². The van der Waals surface area contributed by atoms with Gasteiger partial charge < -0.3 is 5.32 Å². The van der Waals surface area contributed by atoms with E-state index in [0.29, 0.717) is 6.04 Å². The Morgan fingerprint density at radius 3 is 2.67 bits per heavy atom. The van der Waals surface area contributed by atoms with Crippen LogP contribution in [0.25, 0.3) is 0 Å². The maximum absolute atomic E-state index is 3.74. The zero-order valence-electron chi connectivity index (χ0n) is 11.3. The molecule has 2 aliphatic rings. The summed E-state index contributed by atoms with van der Waals surface area (Å²) in [5.74, 6) is 0. The lowest BCUT2D eigenvalue weighted by Gasteiger charge is -2.40. The van der Waals surface area contributed by atoms with Gasteiger partial charge in [0.15, 0.2) is 0 Å². The second kappa shape index (κ2) is 5.41. The second-order valence-corrected chi connectivity index (χ2v) is 5.78. The summed E-state index contributed by atoms with van der Waals surface area (Å²) in [7, 11) is 0. The van der Waals surface area contributed by atoms with Gasteiger partial charge in [-0.25, -0.2) is 0 Å². The molecule has 1 saturated carbocycles. The van der Waals surface area contributed by atoms with Gasteiger partial charge in [0, 0.05) is 31.2 Å². The molecule has 1 aliphatic heterocycles. The zero-order chi connectivity index (χ0) is 12.4. The lowest BCUT2D eigenvalue weighted by molar-refractivity contribution is 0.118. The molecule has 0 radical (unpaired) electrons. The van der Waals surface area contributed by atoms with Gasteiger partial charge in [-0.2, -0.15) is 0 Å². The molecule has 1 aromatic rings. The third-order valence-electron chi connectivity index (χ3n) is 4.35. The molecule has 18 heavy (non-hydrogen) atoms. The Kier molecular flexibility index (Phi) is 3.67. The van der Waals surface area contributed by atoms with Crippen molar-refractivity contribution in [2.45, 2.75) is 50.7 Å². The van der Waals surface area contributed by atoms with Crippen LogP contribution >= 0.6 is 0 Å². The summed E-state index contributed by atoms with van der Waals surface area (Å²) in [6, 6.07) is 13.2. The van der Waals surface area contributed by atoms with Crippen LogP contribution in [0, 0.1) is 0 Å². The van der Waals surface area contributed by atoms with Gasteiger partial charge in [-0.15, -0.1) is 0 Å². The first-order chi connectivity index (χ1) is 8.86. The minimum Gasteiger partial charge on any atom is -0.311 e. The van der Waals surface area contributed by atoms with E-state index in [4.69, 9.17) is 0 Å². The lowest BCUT2D eigenvalue weighted by atomic mass is 10.0. The molecule has 3 rings (SSSR count). The van der Waals surface area contributed by atoms with Gasteiger partial charge in [-0.05, 0) is 31.2 Å². The van der Waals surface area contributed by atoms with Crippen LogP contribution in [0.2, 0.25) is 0 Å². The standard InChI is InChI=1S/C16H24N2/c1-2-15-11-17-14(12-18(15)16-8-9-16)10-13-6-4-3-5-7-13/h3-7,14-17H,2,8-12H2,1H3. The van der Waals surface area contributed by atoms with E-state index in [1.54, 1.807) is 0 Å². The summed E-state index contributed by atoms with van der Waals surface area (Å²) in [4.78, 5) is 2.77. The van der Waals surface area contributed by atoms with Gasteiger partial charge in [0.25, 0.3) is 0 Å². The van der Waals surface area contributed by atoms with Crippen molar-refractivity contribution >= 4 is 0 Å². The Labute approximate surface area is 110 Å². The van der Waals surface area contributed by atoms with Crippen LogP contribution in [0.3, 0.4) is 0 Å². The summed E-state index contributed by atoms with van der Waals surface area (Å²) in [6.45, 7) is 4.72. The predicted octanol–water partition coefficient (Wildman–Crippen LogP) is 2.44. The lowest BCUT2D eigenvalue weighted by Crippen LogP contribution is -2.57. The molecule has 2 nitrogen and oxygen atoms in total. The van der Waals surface area contributed by atoms with E-state index >= 15 is 0 Å². The summed E-state index contributed by atoms with van der Waals surface area (Å²) < 4.78 is 0. The van der Waals surface area contributed by atoms with Crippen molar-refractivity contribution in [2.24, 2.45) is 0 Å². The molecule has 0 aromatic heterocycles. The van der Waals surface area contributed by atoms with Crippen LogP contribution in [0.1, 0.15) is 31.7 Å². The van der Waals surface area contributed by atoms with Crippen molar-refractivity contribution in [1.82, 2.24) is 10.2 Å². The molecule has 1 heterocycles. The van der Waals surface area contributed by atoms with Gasteiger partial charge >= 0.3 is 0 Å². The van der Waals surface area contributed by atoms with E-state index in [-0.39, 0.29) is 0 Å². The van der Waals surface area contributed by atoms with Gasteiger partial charge in [-0.1, -0.05) is 37.3 Å². The first-order valence-electron chi connectivity index (χ1n) is 7.40. The van der Waals surface area contributed by atoms with Crippen molar-refractivity contribution < 1.29 is 0 Å². The second-order valence-electron chi connectivity index (χ2n) is 5.78. The molecule has 98 valence electrons. The average molecular weight is 244 g/mol. The van der Waals surface area contributed by atoms with Crippen LogP contribution in [-0.4, -0.2) is 36.1 Å². The number of rotatable bonds is 4. The number of nitrogens with one attached hydrogen (secondary N) is 1. The third kappa shape index (κ3) is 2.76. The molecule has 0 spiro atoms. The SMILES string of the molecule is CCC1CNC(Cc2ccccc2)CN1C1CC1. The number of piperazine rings is 1. The van der Waals surface area contributed by atoms with Crippen molar-refractivity contribution in [3.05, 3.63) is 35.9 Å². The van der Waals surface area contributed by atoms with E-state index in [2.05, 4.69) is 47.5 Å². The molecule has 0 amide bonds. The average Bonchev–Trinajstić information content (AvgIpc) is 3.24. The third-order valence-corrected chi connectivity index (χ3v) is 4.35. The van der Waals surface area contributed by atoms with Gasteiger partial charge in [-0.3, -0.25) is 4.90 Å². The maximum atomic E-state index is 3.74. The first kappa shape index (κ1) is 12.2. The topological polar surface area (TPSA) is 15.3 Å². The Morgan fingerprint density at radius 2 is 2.00 bits per heavy atom. The van der Waals surface area contributed by atoms with Crippen LogP contribution in [0.15, 0.2) is 30.3 Å². The van der Waals surface area contributed by atoms with E-state index in [0.717, 1.165) is 12.1 Å². The molecule has 2 fully saturated rings. The number of hydrogen-bond acceptors (Lipinski definition) is 2. The Morgan fingerprint density at radius 1 is 1.22 bits per heavy atom. The highest BCUT2D eigenvalue weighted by atomic mass is 15.3. The van der Waals surface area contributed by atoms with E-state index in [9.17, 15) is 0 Å². The molecule has 2 unspecified atom stereocenters. The summed E-state index contributed by atoms with van der Waals surface area (Å²) >= 11 is 0. The van der Waals surface area contributed by atoms with E-state index in [1.807, 2.05) is 0 Å². The van der Waals surface area contributed by atoms with E-state index in [1.165, 1.54) is 44.3 Å². The highest BCUT2D eigenvalue weighted by Gasteiger charge is 2.37. The van der Waals surface area contributed by atoms with Crippen molar-refractivity contribution in [3.63, 3.8) is 0 Å². The fourth-order valence-corrected chi connectivity index (χ4v) is 3.16. The normalized spacial score (nSPS) is 29.4. The summed E-state index contributed by atoms with van der Waals surface area (Å²) in [6.07, 6.45) is 5.30. The zero-order valence-corrected chi connectivity index (χ0v) is 11.3. The van der Waals surface area contributed by atoms with Crippen LogP contribution < -0.4 is 5.32 Å². The fourth-order valence-electron chi connectivity index (χ4n) is 3.16. The van der Waals surface area contributed by atoms with Crippen LogP contribution in [0.5, 0.6) is 0 Å².